The third kappa shape index (κ3) is 15.5. The number of nitrogens with two attached hydrogens (primary N) is 3. The first kappa shape index (κ1) is 55.4. The van der Waals surface area contributed by atoms with Crippen molar-refractivity contribution < 1.29 is 48.7 Å². The van der Waals surface area contributed by atoms with E-state index < -0.39 is 17.9 Å². The van der Waals surface area contributed by atoms with Gasteiger partial charge in [0, 0.05) is 84.1 Å². The van der Waals surface area contributed by atoms with Crippen molar-refractivity contribution in [2.45, 2.75) is 116 Å². The minimum Gasteiger partial charge on any atom is -0.480 e. The van der Waals surface area contributed by atoms with Gasteiger partial charge in [0.1, 0.15) is 0 Å². The molecule has 5 aliphatic rings. The lowest BCUT2D eigenvalue weighted by atomic mass is 9.43. The number of nitrogens with zero attached hydrogens (tertiary/aromatic N) is 4. The normalized spacial score (nSPS) is 33.1. The molecule has 1 saturated heterocycles. The number of nitrogens with one attached hydrogen (secondary N) is 1. The van der Waals surface area contributed by atoms with Crippen LogP contribution >= 0.6 is 0 Å². The summed E-state index contributed by atoms with van der Waals surface area (Å²) in [6.07, 6.45) is 12.7. The van der Waals surface area contributed by atoms with Crippen molar-refractivity contribution in [2.24, 2.45) is 63.5 Å². The Morgan fingerprint density at radius 1 is 0.642 bits per heavy atom. The Morgan fingerprint density at radius 3 is 1.67 bits per heavy atom. The van der Waals surface area contributed by atoms with Crippen molar-refractivity contribution in [3.63, 3.8) is 0 Å². The molecular formula is C49H90N8O10. The van der Waals surface area contributed by atoms with Crippen LogP contribution in [0.2, 0.25) is 0 Å². The molecule has 4 saturated carbocycles. The molecule has 0 aromatic heterocycles. The zero-order valence-corrected chi connectivity index (χ0v) is 41.3. The number of hydrogen-bond acceptors (Lipinski definition) is 14. The van der Waals surface area contributed by atoms with Gasteiger partial charge in [0.25, 0.3) is 0 Å². The maximum absolute atomic E-state index is 13.5. The molecular weight excluding hydrogens is 861 g/mol. The first-order chi connectivity index (χ1) is 32.1. The molecule has 0 radical (unpaired) electrons. The van der Waals surface area contributed by atoms with Crippen molar-refractivity contribution >= 4 is 23.8 Å². The van der Waals surface area contributed by atoms with E-state index in [1.807, 2.05) is 4.90 Å². The van der Waals surface area contributed by atoms with Gasteiger partial charge in [-0.25, -0.2) is 0 Å². The van der Waals surface area contributed by atoms with E-state index in [4.69, 9.17) is 31.4 Å². The van der Waals surface area contributed by atoms with Crippen molar-refractivity contribution in [1.82, 2.24) is 24.9 Å². The fourth-order valence-electron chi connectivity index (χ4n) is 13.5. The van der Waals surface area contributed by atoms with E-state index in [2.05, 4.69) is 26.1 Å². The zero-order chi connectivity index (χ0) is 48.6. The van der Waals surface area contributed by atoms with Crippen LogP contribution in [0, 0.1) is 46.3 Å². The number of fused-ring (bicyclic) bond motifs is 5. The second-order valence-electron chi connectivity index (χ2n) is 21.2. The molecule has 4 aliphatic carbocycles. The summed E-state index contributed by atoms with van der Waals surface area (Å²) >= 11 is 0. The van der Waals surface area contributed by atoms with Crippen LogP contribution < -0.4 is 22.5 Å². The molecule has 10 N–H and O–H groups in total. The Kier molecular flexibility index (Phi) is 22.5. The summed E-state index contributed by atoms with van der Waals surface area (Å²) in [5, 5.41) is 31.8. The lowest BCUT2D eigenvalue weighted by molar-refractivity contribution is -0.227. The van der Waals surface area contributed by atoms with E-state index in [0.717, 1.165) is 83.7 Å². The topological polar surface area (TPSA) is 260 Å². The van der Waals surface area contributed by atoms with E-state index in [1.165, 1.54) is 0 Å². The van der Waals surface area contributed by atoms with Gasteiger partial charge in [-0.2, -0.15) is 0 Å². The lowest BCUT2D eigenvalue weighted by Crippen LogP contribution is -2.63. The van der Waals surface area contributed by atoms with Crippen LogP contribution in [0.4, 0.5) is 0 Å². The quantitative estimate of drug-likeness (QED) is 0.0647. The Hall–Kier alpha value is -2.52. The van der Waals surface area contributed by atoms with Gasteiger partial charge >= 0.3 is 17.9 Å². The molecule has 0 spiro atoms. The second-order valence-corrected chi connectivity index (χ2v) is 21.2. The average molecular weight is 951 g/mol. The van der Waals surface area contributed by atoms with Crippen molar-refractivity contribution in [1.29, 1.82) is 0 Å². The van der Waals surface area contributed by atoms with Gasteiger partial charge in [-0.05, 0) is 138 Å². The summed E-state index contributed by atoms with van der Waals surface area (Å²) in [7, 11) is 0. The number of carboxylic acid groups (broad SMARTS) is 3. The summed E-state index contributed by atoms with van der Waals surface area (Å²) in [5.41, 5.74) is 18.0. The van der Waals surface area contributed by atoms with Crippen molar-refractivity contribution in [3.05, 3.63) is 0 Å². The van der Waals surface area contributed by atoms with Crippen molar-refractivity contribution in [2.75, 3.05) is 125 Å². The van der Waals surface area contributed by atoms with Crippen LogP contribution in [0.15, 0.2) is 0 Å². The van der Waals surface area contributed by atoms with Crippen LogP contribution in [0.3, 0.4) is 0 Å². The predicted molar refractivity (Wildman–Crippen MR) is 256 cm³/mol. The largest absolute Gasteiger partial charge is 0.480 e. The fraction of sp³-hybridized carbons (Fsp3) is 0.918. The highest BCUT2D eigenvalue weighted by Crippen LogP contribution is 2.69. The molecule has 18 heteroatoms. The van der Waals surface area contributed by atoms with Crippen molar-refractivity contribution in [3.8, 4) is 0 Å². The zero-order valence-electron chi connectivity index (χ0n) is 41.3. The number of ether oxygens (including phenoxy) is 3. The molecule has 11 atom stereocenters. The van der Waals surface area contributed by atoms with Gasteiger partial charge in [-0.1, -0.05) is 20.8 Å². The van der Waals surface area contributed by atoms with Gasteiger partial charge in [0.05, 0.1) is 44.5 Å². The Labute approximate surface area is 400 Å². The second kappa shape index (κ2) is 27.2. The van der Waals surface area contributed by atoms with Crippen LogP contribution in [0.1, 0.15) is 97.8 Å². The number of aliphatic carboxylic acids is 3. The highest BCUT2D eigenvalue weighted by molar-refractivity contribution is 5.78. The molecule has 0 aromatic carbocycles. The van der Waals surface area contributed by atoms with E-state index in [0.29, 0.717) is 127 Å². The van der Waals surface area contributed by atoms with Crippen LogP contribution in [0.5, 0.6) is 0 Å². The van der Waals surface area contributed by atoms with Gasteiger partial charge in [-0.3, -0.25) is 38.8 Å². The van der Waals surface area contributed by atoms with Gasteiger partial charge < -0.3 is 52.0 Å². The summed E-state index contributed by atoms with van der Waals surface area (Å²) in [5.74, 6) is -0.270. The third-order valence-electron chi connectivity index (χ3n) is 17.0. The highest BCUT2D eigenvalue weighted by atomic mass is 16.5. The molecule has 1 amide bonds. The summed E-state index contributed by atoms with van der Waals surface area (Å²) in [6.45, 7) is 14.3. The number of amides is 1. The van der Waals surface area contributed by atoms with Gasteiger partial charge in [-0.15, -0.1) is 0 Å². The van der Waals surface area contributed by atoms with E-state index in [1.54, 1.807) is 14.7 Å². The maximum Gasteiger partial charge on any atom is 0.317 e. The van der Waals surface area contributed by atoms with E-state index in [9.17, 15) is 34.5 Å². The average Bonchev–Trinajstić information content (AvgIpc) is 3.64. The first-order valence-electron chi connectivity index (χ1n) is 25.9. The number of carbonyl (C=O) groups is 4. The summed E-state index contributed by atoms with van der Waals surface area (Å²) < 4.78 is 20.4. The SMILES string of the molecule is CC(CCCNC(=O)CN1CCN(CC(=O)O)CCN(CC(=O)O)CCN(CC(=O)O)CC1)C1CCC2C3[C@H](OCCCN)CC4C[C@H](OCCCN)CC[C@]4(C)[C@H]3C[C@H](OCCCN)[C@]12C. The predicted octanol–water partition coefficient (Wildman–Crippen LogP) is 2.07. The van der Waals surface area contributed by atoms with E-state index >= 15 is 0 Å². The number of rotatable bonds is 25. The van der Waals surface area contributed by atoms with Gasteiger partial charge in [0.15, 0.2) is 0 Å². The summed E-state index contributed by atoms with van der Waals surface area (Å²) in [4.78, 5) is 55.8. The maximum atomic E-state index is 13.5. The first-order valence-corrected chi connectivity index (χ1v) is 25.9. The molecule has 386 valence electrons. The molecule has 5 unspecified atom stereocenters. The Bertz CT molecular complexity index is 1520. The summed E-state index contributed by atoms with van der Waals surface area (Å²) in [6, 6.07) is 0. The third-order valence-corrected chi connectivity index (χ3v) is 17.0. The molecule has 18 nitrogen and oxygen atoms in total. The molecule has 5 fully saturated rings. The molecule has 5 rings (SSSR count). The van der Waals surface area contributed by atoms with Crippen LogP contribution in [0.25, 0.3) is 0 Å². The molecule has 0 aromatic rings. The Morgan fingerprint density at radius 2 is 1.15 bits per heavy atom. The molecule has 0 bridgehead atoms. The molecule has 67 heavy (non-hydrogen) atoms. The monoisotopic (exact) mass is 951 g/mol. The molecule has 1 heterocycles. The fourth-order valence-corrected chi connectivity index (χ4v) is 13.5. The Balaban J connectivity index is 1.23. The van der Waals surface area contributed by atoms with E-state index in [-0.39, 0.29) is 61.2 Å². The minimum absolute atomic E-state index is 0.0296. The standard InChI is InChI=1S/C49H90N8O10/c1-35(8-4-16-53-43(58)31-54-17-19-55(32-44(59)60)21-23-57(34-46(63)64)24-22-56(20-18-54)33-45(61)62)38-9-10-39-47-40(30-42(49(38,39)3)67-27-7-15-52)48(2)12-11-37(65-25-5-13-50)28-36(48)29-41(47)66-26-6-14-51/h35-42,47H,4-34,50-52H2,1-3H3,(H,53,58)(H,59,60)(H,61,62)(H,63,64)/t35?,36?,37-,38?,39?,40+,41-,42+,47?,48+,49-/m1/s1. The number of carboxylic acids is 3. The lowest BCUT2D eigenvalue weighted by Gasteiger charge is -2.65. The highest BCUT2D eigenvalue weighted by Gasteiger charge is 2.66. The van der Waals surface area contributed by atoms with Crippen LogP contribution in [-0.2, 0) is 33.4 Å². The molecule has 1 aliphatic heterocycles. The smallest absolute Gasteiger partial charge is 0.317 e. The minimum atomic E-state index is -1.00. The number of hydrogen-bond donors (Lipinski definition) is 7. The van der Waals surface area contributed by atoms with Crippen LogP contribution in [-0.4, -0.2) is 202 Å². The number of carbonyl (C=O) groups excluding carboxylic acids is 1. The van der Waals surface area contributed by atoms with Gasteiger partial charge in [0.2, 0.25) is 5.91 Å².